The smallest absolute Gasteiger partial charge is 0.311 e. The number of hydrogen-bond donors (Lipinski definition) is 0. The molecule has 0 N–H and O–H groups in total. The zero-order valence-electron chi connectivity index (χ0n) is 8.79. The summed E-state index contributed by atoms with van der Waals surface area (Å²) in [6.07, 6.45) is 9.01. The Labute approximate surface area is 85.3 Å². The molecule has 1 aliphatic heterocycles. The van der Waals surface area contributed by atoms with Gasteiger partial charge in [-0.1, -0.05) is 26.2 Å². The summed E-state index contributed by atoms with van der Waals surface area (Å²) in [5.74, 6) is 1.82. The average Bonchev–Trinajstić information content (AvgIpc) is 2.18. The van der Waals surface area contributed by atoms with Crippen molar-refractivity contribution in [1.82, 2.24) is 0 Å². The van der Waals surface area contributed by atoms with Gasteiger partial charge >= 0.3 is 5.97 Å². The predicted molar refractivity (Wildman–Crippen MR) is 54.5 cm³/mol. The van der Waals surface area contributed by atoms with E-state index < -0.39 is 0 Å². The molecule has 0 aromatic rings. The molecule has 2 rings (SSSR count). The van der Waals surface area contributed by atoms with Gasteiger partial charge in [0.1, 0.15) is 5.76 Å². The first-order chi connectivity index (χ1) is 6.75. The van der Waals surface area contributed by atoms with Crippen LogP contribution in [0.4, 0.5) is 0 Å². The van der Waals surface area contributed by atoms with E-state index in [-0.39, 0.29) is 5.97 Å². The van der Waals surface area contributed by atoms with Crippen LogP contribution in [0, 0.1) is 11.8 Å². The third kappa shape index (κ3) is 2.17. The summed E-state index contributed by atoms with van der Waals surface area (Å²) in [6.45, 7) is 2.09. The lowest BCUT2D eigenvalue weighted by molar-refractivity contribution is -0.142. The number of carbonyl (C=O) groups is 1. The van der Waals surface area contributed by atoms with Crippen LogP contribution < -0.4 is 0 Å². The third-order valence-electron chi connectivity index (χ3n) is 3.18. The van der Waals surface area contributed by atoms with Gasteiger partial charge in [0.25, 0.3) is 0 Å². The zero-order chi connectivity index (χ0) is 9.97. The first-order valence-electron chi connectivity index (χ1n) is 5.68. The van der Waals surface area contributed by atoms with E-state index in [4.69, 9.17) is 4.74 Å². The fourth-order valence-electron chi connectivity index (χ4n) is 2.42. The van der Waals surface area contributed by atoms with E-state index in [1.165, 1.54) is 32.1 Å². The predicted octanol–water partition coefficient (Wildman–Crippen LogP) is 3.03. The van der Waals surface area contributed by atoms with Crippen molar-refractivity contribution in [3.63, 3.8) is 0 Å². The summed E-state index contributed by atoms with van der Waals surface area (Å²) in [7, 11) is 0. The van der Waals surface area contributed by atoms with E-state index in [0.29, 0.717) is 18.3 Å². The number of rotatable bonds is 1. The fraction of sp³-hybridized carbons (Fsp3) is 0.750. The Balaban J connectivity index is 2.04. The van der Waals surface area contributed by atoms with Gasteiger partial charge in [0, 0.05) is 5.92 Å². The molecular formula is C12H18O2. The van der Waals surface area contributed by atoms with Crippen molar-refractivity contribution in [3.05, 3.63) is 11.8 Å². The maximum absolute atomic E-state index is 11.3. The summed E-state index contributed by atoms with van der Waals surface area (Å²) in [5.41, 5.74) is 0. The first-order valence-corrected chi connectivity index (χ1v) is 5.68. The molecule has 1 atom stereocenters. The molecule has 14 heavy (non-hydrogen) atoms. The van der Waals surface area contributed by atoms with Crippen LogP contribution in [-0.2, 0) is 9.53 Å². The molecule has 0 spiro atoms. The van der Waals surface area contributed by atoms with Crippen molar-refractivity contribution < 1.29 is 9.53 Å². The van der Waals surface area contributed by atoms with Gasteiger partial charge in [-0.05, 0) is 24.8 Å². The summed E-state index contributed by atoms with van der Waals surface area (Å²) in [5, 5.41) is 0. The number of hydrogen-bond acceptors (Lipinski definition) is 2. The lowest BCUT2D eigenvalue weighted by atomic mass is 9.86. The highest BCUT2D eigenvalue weighted by Crippen LogP contribution is 2.33. The highest BCUT2D eigenvalue weighted by atomic mass is 16.5. The highest BCUT2D eigenvalue weighted by molar-refractivity contribution is 5.72. The maximum Gasteiger partial charge on any atom is 0.311 e. The number of carbonyl (C=O) groups excluding carboxylic acids is 1. The van der Waals surface area contributed by atoms with E-state index in [2.05, 4.69) is 13.0 Å². The van der Waals surface area contributed by atoms with Crippen LogP contribution >= 0.6 is 0 Å². The molecule has 1 heterocycles. The molecule has 1 saturated carbocycles. The molecule has 78 valence electrons. The van der Waals surface area contributed by atoms with E-state index in [1.807, 2.05) is 0 Å². The van der Waals surface area contributed by atoms with E-state index in [0.717, 1.165) is 5.76 Å². The Kier molecular flexibility index (Phi) is 2.90. The lowest BCUT2D eigenvalue weighted by Crippen LogP contribution is -2.21. The molecule has 0 radical (unpaired) electrons. The van der Waals surface area contributed by atoms with E-state index in [1.54, 1.807) is 0 Å². The average molecular weight is 194 g/mol. The van der Waals surface area contributed by atoms with Crippen molar-refractivity contribution >= 4 is 5.97 Å². The Morgan fingerprint density at radius 2 is 2.00 bits per heavy atom. The van der Waals surface area contributed by atoms with Gasteiger partial charge in [-0.3, -0.25) is 4.79 Å². The Morgan fingerprint density at radius 1 is 1.29 bits per heavy atom. The Hall–Kier alpha value is -0.790. The second-order valence-corrected chi connectivity index (χ2v) is 4.56. The van der Waals surface area contributed by atoms with Gasteiger partial charge in [0.05, 0.1) is 6.42 Å². The molecule has 0 amide bonds. The largest absolute Gasteiger partial charge is 0.431 e. The van der Waals surface area contributed by atoms with Crippen molar-refractivity contribution in [1.29, 1.82) is 0 Å². The minimum absolute atomic E-state index is 0.0411. The normalized spacial score (nSPS) is 29.6. The van der Waals surface area contributed by atoms with Crippen LogP contribution in [0.15, 0.2) is 11.8 Å². The molecule has 1 fully saturated rings. The number of esters is 1. The van der Waals surface area contributed by atoms with Crippen molar-refractivity contribution in [2.45, 2.75) is 45.4 Å². The molecule has 0 unspecified atom stereocenters. The summed E-state index contributed by atoms with van der Waals surface area (Å²) in [4.78, 5) is 11.3. The van der Waals surface area contributed by atoms with Crippen LogP contribution in [0.3, 0.4) is 0 Å². The van der Waals surface area contributed by atoms with Crippen LogP contribution in [-0.4, -0.2) is 5.97 Å². The van der Waals surface area contributed by atoms with Gasteiger partial charge in [-0.25, -0.2) is 0 Å². The van der Waals surface area contributed by atoms with Crippen LogP contribution in [0.2, 0.25) is 0 Å². The second-order valence-electron chi connectivity index (χ2n) is 4.56. The standard InChI is InChI=1S/C12H18O2/c1-9-7-11(14-12(13)8-9)10-5-3-2-4-6-10/h7,9-10H,2-6,8H2,1H3/t9-/m0/s1. The van der Waals surface area contributed by atoms with E-state index >= 15 is 0 Å². The number of cyclic esters (lactones) is 1. The first kappa shape index (κ1) is 9.75. The molecular weight excluding hydrogens is 176 g/mol. The van der Waals surface area contributed by atoms with Crippen LogP contribution in [0.5, 0.6) is 0 Å². The maximum atomic E-state index is 11.3. The van der Waals surface area contributed by atoms with Crippen LogP contribution in [0.25, 0.3) is 0 Å². The zero-order valence-corrected chi connectivity index (χ0v) is 8.79. The molecule has 0 saturated heterocycles. The van der Waals surface area contributed by atoms with Crippen molar-refractivity contribution in [2.24, 2.45) is 11.8 Å². The number of allylic oxidation sites excluding steroid dienone is 2. The quantitative estimate of drug-likeness (QED) is 0.600. The van der Waals surface area contributed by atoms with Crippen molar-refractivity contribution in [3.8, 4) is 0 Å². The van der Waals surface area contributed by atoms with Gasteiger partial charge in [0.15, 0.2) is 0 Å². The Morgan fingerprint density at radius 3 is 2.64 bits per heavy atom. The number of ether oxygens (including phenoxy) is 1. The molecule has 0 bridgehead atoms. The summed E-state index contributed by atoms with van der Waals surface area (Å²) in [6, 6.07) is 0. The highest BCUT2D eigenvalue weighted by Gasteiger charge is 2.25. The third-order valence-corrected chi connectivity index (χ3v) is 3.18. The minimum atomic E-state index is -0.0411. The molecule has 2 aliphatic rings. The summed E-state index contributed by atoms with van der Waals surface area (Å²) >= 11 is 0. The van der Waals surface area contributed by atoms with Gasteiger partial charge < -0.3 is 4.74 Å². The monoisotopic (exact) mass is 194 g/mol. The second kappa shape index (κ2) is 4.16. The van der Waals surface area contributed by atoms with E-state index in [9.17, 15) is 4.79 Å². The fourth-order valence-corrected chi connectivity index (χ4v) is 2.42. The summed E-state index contributed by atoms with van der Waals surface area (Å²) < 4.78 is 5.32. The SMILES string of the molecule is C[C@H]1C=C(C2CCCCC2)OC(=O)C1. The van der Waals surface area contributed by atoms with Crippen LogP contribution in [0.1, 0.15) is 45.4 Å². The Bertz CT molecular complexity index is 249. The van der Waals surface area contributed by atoms with Gasteiger partial charge in [-0.2, -0.15) is 0 Å². The molecule has 2 nitrogen and oxygen atoms in total. The molecule has 1 aliphatic carbocycles. The lowest BCUT2D eigenvalue weighted by Gasteiger charge is -2.27. The molecule has 0 aromatic carbocycles. The molecule has 2 heteroatoms. The van der Waals surface area contributed by atoms with Gasteiger partial charge in [0.2, 0.25) is 0 Å². The molecule has 0 aromatic heterocycles. The van der Waals surface area contributed by atoms with Crippen molar-refractivity contribution in [2.75, 3.05) is 0 Å². The van der Waals surface area contributed by atoms with Gasteiger partial charge in [-0.15, -0.1) is 0 Å². The minimum Gasteiger partial charge on any atom is -0.431 e. The topological polar surface area (TPSA) is 26.3 Å².